The zero-order valence-electron chi connectivity index (χ0n) is 27.4. The van der Waals surface area contributed by atoms with Gasteiger partial charge in [-0.25, -0.2) is 0 Å². The van der Waals surface area contributed by atoms with Crippen LogP contribution in [0, 0.1) is 56.2 Å². The maximum Gasteiger partial charge on any atom is 0.322 e. The number of carbonyl (C=O) groups is 4. The number of carbonyl (C=O) groups excluding carboxylic acids is 3. The van der Waals surface area contributed by atoms with Crippen LogP contribution in [0.1, 0.15) is 119 Å². The lowest BCUT2D eigenvalue weighted by Gasteiger charge is -2.67. The molecule has 0 bridgehead atoms. The number of nitrogens with zero attached hydrogens (tertiary/aromatic N) is 1. The summed E-state index contributed by atoms with van der Waals surface area (Å²) in [6.45, 7) is 14.8. The Morgan fingerprint density at radius 1 is 1.12 bits per heavy atom. The van der Waals surface area contributed by atoms with Crippen molar-refractivity contribution < 1.29 is 24.3 Å². The molecular weight excluding hydrogens is 540 g/mol. The van der Waals surface area contributed by atoms with Crippen LogP contribution in [0.15, 0.2) is 23.3 Å². The maximum atomic E-state index is 14.3. The van der Waals surface area contributed by atoms with Crippen molar-refractivity contribution in [3.8, 4) is 6.07 Å². The van der Waals surface area contributed by atoms with E-state index >= 15 is 0 Å². The minimum absolute atomic E-state index is 0.0569. The molecule has 43 heavy (non-hydrogen) atoms. The van der Waals surface area contributed by atoms with Crippen LogP contribution in [0.2, 0.25) is 0 Å². The first-order valence-corrected chi connectivity index (χ1v) is 16.3. The van der Waals surface area contributed by atoms with Crippen LogP contribution in [-0.2, 0) is 19.2 Å². The number of rotatable bonds is 9. The van der Waals surface area contributed by atoms with Crippen LogP contribution < -0.4 is 5.32 Å². The van der Waals surface area contributed by atoms with Gasteiger partial charge in [-0.3, -0.25) is 19.2 Å². The van der Waals surface area contributed by atoms with Crippen LogP contribution in [0.5, 0.6) is 0 Å². The molecule has 1 amide bonds. The van der Waals surface area contributed by atoms with Crippen molar-refractivity contribution in [3.63, 3.8) is 0 Å². The Kier molecular flexibility index (Phi) is 8.97. The van der Waals surface area contributed by atoms with Crippen LogP contribution in [0.3, 0.4) is 0 Å². The highest BCUT2D eigenvalue weighted by molar-refractivity contribution is 6.03. The molecule has 3 fully saturated rings. The SMILES string of the molecule is CC/C=C(/C#N)C(=O)C(C)(C)[C@@H]1CC[C@]2(C)C(=CC(=O)C3C4CC(C)(C)CC[C@]4(CCC(=O)NCC(=O)O)CC[C@]32C)C1. The number of fused-ring (bicyclic) bond motifs is 5. The molecule has 0 radical (unpaired) electrons. The van der Waals surface area contributed by atoms with Gasteiger partial charge in [0.15, 0.2) is 11.6 Å². The largest absolute Gasteiger partial charge is 0.480 e. The van der Waals surface area contributed by atoms with Crippen molar-refractivity contribution in [2.45, 2.75) is 119 Å². The highest BCUT2D eigenvalue weighted by atomic mass is 16.4. The monoisotopic (exact) mass is 592 g/mol. The fourth-order valence-corrected chi connectivity index (χ4v) is 9.66. The quantitative estimate of drug-likeness (QED) is 0.220. The third-order valence-corrected chi connectivity index (χ3v) is 12.8. The van der Waals surface area contributed by atoms with Crippen LogP contribution in [-0.4, -0.2) is 35.1 Å². The standard InChI is InChI=1S/C36H52N2O5/c1-8-9-23(21-37)31(43)33(4,5)24-10-12-34(6)25(18-24)19-27(39)30-26-20-32(2,3)14-16-36(26,17-15-35(30,34)7)13-11-28(40)38-22-29(41)42/h9,19,24,26,30H,8,10-18,20,22H2,1-7H3,(H,38,40)(H,41,42)/b23-9-/t24-,26?,30?,34-,35-,36-/m1/s1. The van der Waals surface area contributed by atoms with E-state index in [-0.39, 0.29) is 75.4 Å². The summed E-state index contributed by atoms with van der Waals surface area (Å²) in [6.07, 6.45) is 12.6. The first kappa shape index (κ1) is 33.1. The molecule has 4 aliphatic rings. The molecule has 6 atom stereocenters. The average molecular weight is 593 g/mol. The lowest BCUT2D eigenvalue weighted by molar-refractivity contribution is -0.168. The van der Waals surface area contributed by atoms with Crippen molar-refractivity contribution in [3.05, 3.63) is 23.3 Å². The zero-order chi connectivity index (χ0) is 32.0. The molecule has 7 nitrogen and oxygen atoms in total. The summed E-state index contributed by atoms with van der Waals surface area (Å²) in [4.78, 5) is 51.4. The minimum Gasteiger partial charge on any atom is -0.480 e. The summed E-state index contributed by atoms with van der Waals surface area (Å²) in [5.74, 6) is -1.09. The summed E-state index contributed by atoms with van der Waals surface area (Å²) in [6, 6.07) is 2.12. The number of nitriles is 1. The molecule has 0 spiro atoms. The number of aliphatic carboxylic acids is 1. The Hall–Kier alpha value is -2.75. The van der Waals surface area contributed by atoms with Crippen LogP contribution in [0.25, 0.3) is 0 Å². The van der Waals surface area contributed by atoms with Gasteiger partial charge in [-0.05, 0) is 104 Å². The number of carboxylic acids is 1. The smallest absolute Gasteiger partial charge is 0.322 e. The molecule has 2 N–H and O–H groups in total. The van der Waals surface area contributed by atoms with E-state index in [1.165, 1.54) is 5.57 Å². The molecule has 0 saturated heterocycles. The molecule has 236 valence electrons. The fourth-order valence-electron chi connectivity index (χ4n) is 9.66. The first-order chi connectivity index (χ1) is 20.0. The summed E-state index contributed by atoms with van der Waals surface area (Å²) in [5.41, 5.74) is 0.323. The van der Waals surface area contributed by atoms with E-state index in [1.807, 2.05) is 26.8 Å². The molecule has 0 aromatic rings. The van der Waals surface area contributed by atoms with E-state index < -0.39 is 11.4 Å². The van der Waals surface area contributed by atoms with Gasteiger partial charge in [0.1, 0.15) is 12.6 Å². The van der Waals surface area contributed by atoms with E-state index in [9.17, 15) is 24.4 Å². The van der Waals surface area contributed by atoms with E-state index in [2.05, 4.69) is 39.1 Å². The molecule has 0 aromatic heterocycles. The number of amides is 1. The topological polar surface area (TPSA) is 124 Å². The van der Waals surface area contributed by atoms with Crippen molar-refractivity contribution in [2.24, 2.45) is 44.8 Å². The third kappa shape index (κ3) is 5.76. The van der Waals surface area contributed by atoms with E-state index in [0.717, 1.165) is 44.9 Å². The third-order valence-electron chi connectivity index (χ3n) is 12.8. The highest BCUT2D eigenvalue weighted by Crippen LogP contribution is 2.71. The van der Waals surface area contributed by atoms with Crippen LogP contribution >= 0.6 is 0 Å². The number of nitrogens with one attached hydrogen (secondary N) is 1. The molecule has 0 aromatic carbocycles. The molecule has 3 saturated carbocycles. The summed E-state index contributed by atoms with van der Waals surface area (Å²) in [5, 5.41) is 21.2. The molecular formula is C36H52N2O5. The molecule has 2 unspecified atom stereocenters. The maximum absolute atomic E-state index is 14.3. The second-order valence-corrected chi connectivity index (χ2v) is 15.9. The van der Waals surface area contributed by atoms with Gasteiger partial charge in [0.25, 0.3) is 0 Å². The van der Waals surface area contributed by atoms with Crippen molar-refractivity contribution in [2.75, 3.05) is 6.54 Å². The lowest BCUT2D eigenvalue weighted by Crippen LogP contribution is -2.62. The second kappa shape index (κ2) is 11.6. The van der Waals surface area contributed by atoms with Gasteiger partial charge in [0.2, 0.25) is 5.91 Å². The number of hydrogen-bond donors (Lipinski definition) is 2. The Labute approximate surface area is 257 Å². The van der Waals surface area contributed by atoms with Gasteiger partial charge in [-0.2, -0.15) is 5.26 Å². The molecule has 4 aliphatic carbocycles. The number of hydrogen-bond acceptors (Lipinski definition) is 5. The fraction of sp³-hybridized carbons (Fsp3) is 0.750. The Balaban J connectivity index is 1.65. The van der Waals surface area contributed by atoms with Gasteiger partial charge in [0.05, 0.1) is 5.57 Å². The van der Waals surface area contributed by atoms with Gasteiger partial charge in [-0.15, -0.1) is 0 Å². The minimum atomic E-state index is -1.05. The number of ketones is 2. The van der Waals surface area contributed by atoms with E-state index in [0.29, 0.717) is 19.3 Å². The van der Waals surface area contributed by atoms with Gasteiger partial charge in [0, 0.05) is 17.8 Å². The average Bonchev–Trinajstić information content (AvgIpc) is 2.93. The van der Waals surface area contributed by atoms with E-state index in [1.54, 1.807) is 6.08 Å². The summed E-state index contributed by atoms with van der Waals surface area (Å²) >= 11 is 0. The van der Waals surface area contributed by atoms with Crippen LogP contribution in [0.4, 0.5) is 0 Å². The van der Waals surface area contributed by atoms with Crippen molar-refractivity contribution in [1.82, 2.24) is 5.32 Å². The summed E-state index contributed by atoms with van der Waals surface area (Å²) < 4.78 is 0. The normalized spacial score (nSPS) is 35.4. The molecule has 7 heteroatoms. The first-order valence-electron chi connectivity index (χ1n) is 16.3. The Morgan fingerprint density at radius 2 is 1.79 bits per heavy atom. The predicted octanol–water partition coefficient (Wildman–Crippen LogP) is 6.97. The molecule has 0 heterocycles. The van der Waals surface area contributed by atoms with Gasteiger partial charge < -0.3 is 10.4 Å². The Bertz CT molecular complexity index is 1280. The predicted molar refractivity (Wildman–Crippen MR) is 166 cm³/mol. The molecule has 4 rings (SSSR count). The number of carboxylic acid groups (broad SMARTS) is 1. The summed E-state index contributed by atoms with van der Waals surface area (Å²) in [7, 11) is 0. The van der Waals surface area contributed by atoms with Crippen molar-refractivity contribution >= 4 is 23.4 Å². The highest BCUT2D eigenvalue weighted by Gasteiger charge is 2.66. The lowest BCUT2D eigenvalue weighted by atomic mass is 9.37. The molecule has 0 aliphatic heterocycles. The van der Waals surface area contributed by atoms with Crippen molar-refractivity contribution in [1.29, 1.82) is 5.26 Å². The Morgan fingerprint density at radius 3 is 2.42 bits per heavy atom. The number of allylic oxidation sites excluding steroid dienone is 4. The number of Topliss-reactive ketones (excluding diaryl/α,β-unsaturated/α-hetero) is 1. The second-order valence-electron chi connectivity index (χ2n) is 15.9. The van der Waals surface area contributed by atoms with Gasteiger partial charge in [-0.1, -0.05) is 60.1 Å². The van der Waals surface area contributed by atoms with E-state index in [4.69, 9.17) is 5.11 Å². The zero-order valence-corrected chi connectivity index (χ0v) is 27.4. The van der Waals surface area contributed by atoms with Gasteiger partial charge >= 0.3 is 5.97 Å².